The van der Waals surface area contributed by atoms with Gasteiger partial charge in [0, 0.05) is 22.8 Å². The summed E-state index contributed by atoms with van der Waals surface area (Å²) in [6.07, 6.45) is 1.73. The lowest BCUT2D eigenvalue weighted by atomic mass is 10.0. The molecule has 0 saturated carbocycles. The first-order chi connectivity index (χ1) is 10.6. The van der Waals surface area contributed by atoms with Crippen LogP contribution in [0.4, 0.5) is 5.69 Å². The third-order valence-electron chi connectivity index (χ3n) is 3.81. The maximum absolute atomic E-state index is 12.7. The molecule has 3 rings (SSSR count). The second kappa shape index (κ2) is 5.60. The number of carbonyl (C=O) groups is 1. The van der Waals surface area contributed by atoms with E-state index in [1.807, 2.05) is 44.2 Å². The predicted octanol–water partition coefficient (Wildman–Crippen LogP) is 4.41. The largest absolute Gasteiger partial charge is 0.321 e. The van der Waals surface area contributed by atoms with Crippen molar-refractivity contribution in [3.05, 3.63) is 70.9 Å². The number of rotatable bonds is 2. The van der Waals surface area contributed by atoms with E-state index < -0.39 is 0 Å². The molecule has 0 atom stereocenters. The van der Waals surface area contributed by atoms with Crippen LogP contribution in [0.15, 0.2) is 48.7 Å². The van der Waals surface area contributed by atoms with Gasteiger partial charge < -0.3 is 5.32 Å². The van der Waals surface area contributed by atoms with Crippen molar-refractivity contribution in [1.29, 1.82) is 0 Å². The summed E-state index contributed by atoms with van der Waals surface area (Å²) in [5.41, 5.74) is 5.70. The first-order valence-electron chi connectivity index (χ1n) is 7.29. The summed E-state index contributed by atoms with van der Waals surface area (Å²) in [5.74, 6) is -0.103. The van der Waals surface area contributed by atoms with Crippen molar-refractivity contribution in [1.82, 2.24) is 4.98 Å². The second-order valence-electron chi connectivity index (χ2n) is 5.60. The van der Waals surface area contributed by atoms with E-state index in [2.05, 4.69) is 29.4 Å². The Labute approximate surface area is 130 Å². The van der Waals surface area contributed by atoms with Crippen LogP contribution in [0, 0.1) is 20.8 Å². The molecule has 1 amide bonds. The fraction of sp³-hybridized carbons (Fsp3) is 0.158. The maximum Gasteiger partial charge on any atom is 0.256 e. The minimum atomic E-state index is -0.103. The molecule has 110 valence electrons. The Bertz CT molecular complexity index is 840. The number of amides is 1. The number of hydrogen-bond acceptors (Lipinski definition) is 2. The highest BCUT2D eigenvalue weighted by molar-refractivity contribution is 6.12. The summed E-state index contributed by atoms with van der Waals surface area (Å²) in [7, 11) is 0. The summed E-state index contributed by atoms with van der Waals surface area (Å²) >= 11 is 0. The van der Waals surface area contributed by atoms with E-state index in [0.717, 1.165) is 27.7 Å². The molecule has 22 heavy (non-hydrogen) atoms. The van der Waals surface area contributed by atoms with Crippen molar-refractivity contribution in [2.45, 2.75) is 20.8 Å². The molecule has 0 aliphatic rings. The monoisotopic (exact) mass is 290 g/mol. The minimum absolute atomic E-state index is 0.103. The van der Waals surface area contributed by atoms with E-state index in [1.54, 1.807) is 6.20 Å². The molecule has 0 radical (unpaired) electrons. The highest BCUT2D eigenvalue weighted by atomic mass is 16.1. The van der Waals surface area contributed by atoms with Gasteiger partial charge in [0.05, 0.1) is 5.52 Å². The molecule has 0 aliphatic carbocycles. The van der Waals surface area contributed by atoms with Gasteiger partial charge in [0.1, 0.15) is 0 Å². The molecule has 3 nitrogen and oxygen atoms in total. The highest BCUT2D eigenvalue weighted by Crippen LogP contribution is 2.24. The van der Waals surface area contributed by atoms with E-state index >= 15 is 0 Å². The number of hydrogen-bond donors (Lipinski definition) is 1. The number of aromatic nitrogens is 1. The van der Waals surface area contributed by atoms with Gasteiger partial charge in [0.15, 0.2) is 0 Å². The molecule has 3 aromatic rings. The Hall–Kier alpha value is -2.68. The molecule has 1 heterocycles. The molecule has 3 heteroatoms. The third-order valence-corrected chi connectivity index (χ3v) is 3.81. The Morgan fingerprint density at radius 1 is 1.00 bits per heavy atom. The third kappa shape index (κ3) is 2.58. The molecule has 0 aliphatic heterocycles. The zero-order chi connectivity index (χ0) is 15.7. The van der Waals surface area contributed by atoms with Crippen molar-refractivity contribution in [2.24, 2.45) is 0 Å². The summed E-state index contributed by atoms with van der Waals surface area (Å²) in [5, 5.41) is 3.91. The minimum Gasteiger partial charge on any atom is -0.321 e. The molecule has 1 aromatic heterocycles. The molecular formula is C19H18N2O. The number of fused-ring (bicyclic) bond motifs is 1. The topological polar surface area (TPSA) is 42.0 Å². The van der Waals surface area contributed by atoms with Crippen LogP contribution >= 0.6 is 0 Å². The maximum atomic E-state index is 12.7. The molecule has 0 fully saturated rings. The van der Waals surface area contributed by atoms with Crippen molar-refractivity contribution in [3.8, 4) is 0 Å². The second-order valence-corrected chi connectivity index (χ2v) is 5.60. The lowest BCUT2D eigenvalue weighted by molar-refractivity contribution is 0.102. The van der Waals surface area contributed by atoms with Crippen molar-refractivity contribution in [3.63, 3.8) is 0 Å². The smallest absolute Gasteiger partial charge is 0.256 e. The lowest BCUT2D eigenvalue weighted by Crippen LogP contribution is -2.14. The quantitative estimate of drug-likeness (QED) is 0.759. The van der Waals surface area contributed by atoms with E-state index in [9.17, 15) is 4.79 Å². The standard InChI is InChI=1S/C19H18N2O/c1-12-10-13(2)18(14(3)11-12)21-19(22)16-6-4-8-17-15(16)7-5-9-20-17/h4-11H,1-3H3,(H,21,22). The number of anilines is 1. The van der Waals surface area contributed by atoms with E-state index in [0.29, 0.717) is 5.56 Å². The van der Waals surface area contributed by atoms with Crippen LogP contribution in [0.1, 0.15) is 27.0 Å². The summed E-state index contributed by atoms with van der Waals surface area (Å²) in [4.78, 5) is 17.0. The van der Waals surface area contributed by atoms with Crippen LogP contribution in [0.3, 0.4) is 0 Å². The van der Waals surface area contributed by atoms with Gasteiger partial charge in [-0.05, 0) is 50.1 Å². The zero-order valence-electron chi connectivity index (χ0n) is 13.0. The van der Waals surface area contributed by atoms with Gasteiger partial charge in [-0.1, -0.05) is 29.8 Å². The lowest BCUT2D eigenvalue weighted by Gasteiger charge is -2.13. The van der Waals surface area contributed by atoms with E-state index in [4.69, 9.17) is 0 Å². The van der Waals surface area contributed by atoms with Gasteiger partial charge in [-0.15, -0.1) is 0 Å². The van der Waals surface area contributed by atoms with Crippen molar-refractivity contribution >= 4 is 22.5 Å². The number of carbonyl (C=O) groups excluding carboxylic acids is 1. The summed E-state index contributed by atoms with van der Waals surface area (Å²) in [6.45, 7) is 6.09. The van der Waals surface area contributed by atoms with Crippen LogP contribution in [0.25, 0.3) is 10.9 Å². The number of nitrogens with zero attached hydrogens (tertiary/aromatic N) is 1. The number of nitrogens with one attached hydrogen (secondary N) is 1. The fourth-order valence-corrected chi connectivity index (χ4v) is 2.86. The average molecular weight is 290 g/mol. The van der Waals surface area contributed by atoms with Crippen molar-refractivity contribution in [2.75, 3.05) is 5.32 Å². The Kier molecular flexibility index (Phi) is 3.63. The number of benzene rings is 2. The van der Waals surface area contributed by atoms with E-state index in [-0.39, 0.29) is 5.91 Å². The Morgan fingerprint density at radius 2 is 1.73 bits per heavy atom. The fourth-order valence-electron chi connectivity index (χ4n) is 2.86. The number of pyridine rings is 1. The van der Waals surface area contributed by atoms with E-state index in [1.165, 1.54) is 5.56 Å². The first kappa shape index (κ1) is 14.3. The van der Waals surface area contributed by atoms with Crippen LogP contribution in [0.5, 0.6) is 0 Å². The Morgan fingerprint density at radius 3 is 2.45 bits per heavy atom. The summed E-state index contributed by atoms with van der Waals surface area (Å²) in [6, 6.07) is 13.5. The molecular weight excluding hydrogens is 272 g/mol. The molecule has 1 N–H and O–H groups in total. The summed E-state index contributed by atoms with van der Waals surface area (Å²) < 4.78 is 0. The molecule has 0 spiro atoms. The van der Waals surface area contributed by atoms with Crippen LogP contribution in [-0.4, -0.2) is 10.9 Å². The van der Waals surface area contributed by atoms with Crippen LogP contribution in [-0.2, 0) is 0 Å². The van der Waals surface area contributed by atoms with Gasteiger partial charge in [-0.3, -0.25) is 9.78 Å². The van der Waals surface area contributed by atoms with Crippen LogP contribution in [0.2, 0.25) is 0 Å². The molecule has 2 aromatic carbocycles. The highest BCUT2D eigenvalue weighted by Gasteiger charge is 2.13. The van der Waals surface area contributed by atoms with Gasteiger partial charge in [0.25, 0.3) is 5.91 Å². The van der Waals surface area contributed by atoms with Gasteiger partial charge in [0.2, 0.25) is 0 Å². The molecule has 0 bridgehead atoms. The Balaban J connectivity index is 2.01. The zero-order valence-corrected chi connectivity index (χ0v) is 13.0. The SMILES string of the molecule is Cc1cc(C)c(NC(=O)c2cccc3ncccc23)c(C)c1. The van der Waals surface area contributed by atoms with Gasteiger partial charge in [-0.25, -0.2) is 0 Å². The normalized spacial score (nSPS) is 10.7. The van der Waals surface area contributed by atoms with Gasteiger partial charge in [-0.2, -0.15) is 0 Å². The predicted molar refractivity (Wildman–Crippen MR) is 90.3 cm³/mol. The van der Waals surface area contributed by atoms with Gasteiger partial charge >= 0.3 is 0 Å². The first-order valence-corrected chi connectivity index (χ1v) is 7.29. The van der Waals surface area contributed by atoms with Crippen LogP contribution < -0.4 is 5.32 Å². The van der Waals surface area contributed by atoms with Crippen molar-refractivity contribution < 1.29 is 4.79 Å². The number of aryl methyl sites for hydroxylation is 3. The molecule has 0 saturated heterocycles. The molecule has 0 unspecified atom stereocenters. The average Bonchev–Trinajstić information content (AvgIpc) is 2.50.